The second-order valence-corrected chi connectivity index (χ2v) is 12.0. The van der Waals surface area contributed by atoms with Crippen molar-refractivity contribution in [3.05, 3.63) is 11.6 Å². The highest BCUT2D eigenvalue weighted by molar-refractivity contribution is 5.96. The molecule has 0 radical (unpaired) electrons. The Morgan fingerprint density at radius 1 is 1.00 bits per heavy atom. The lowest BCUT2D eigenvalue weighted by molar-refractivity contribution is -0.152. The maximum absolute atomic E-state index is 13.3. The Bertz CT molecular complexity index is 821. The number of hydrogen-bond acceptors (Lipinski definition) is 4. The van der Waals surface area contributed by atoms with E-state index in [0.717, 1.165) is 50.9 Å². The lowest BCUT2D eigenvalue weighted by Gasteiger charge is -2.56. The van der Waals surface area contributed by atoms with Crippen LogP contribution in [-0.2, 0) is 19.1 Å². The predicted molar refractivity (Wildman–Crippen MR) is 123 cm³/mol. The molecule has 0 aromatic rings. The van der Waals surface area contributed by atoms with E-state index in [2.05, 4.69) is 13.8 Å². The standard InChI is InChI=1S/C28H40O4/c1-27-14-12-20(32-25(31)9-5-8-18-6-3-4-7-18)16-19(27)17-23(29)26-21-10-11-24(30)28(21,2)15-13-22(26)27/h17-18,20-22,26H,3-16H2,1-2H3/t20-,21?,22?,26?,27-,28-/m0/s1. The van der Waals surface area contributed by atoms with Crippen LogP contribution in [0.1, 0.15) is 104 Å². The van der Waals surface area contributed by atoms with Gasteiger partial charge in [0.25, 0.3) is 0 Å². The second kappa shape index (κ2) is 8.40. The van der Waals surface area contributed by atoms with Gasteiger partial charge in [-0.05, 0) is 74.2 Å². The van der Waals surface area contributed by atoms with Gasteiger partial charge in [-0.2, -0.15) is 0 Å². The third kappa shape index (κ3) is 3.70. The van der Waals surface area contributed by atoms with Crippen molar-refractivity contribution in [2.24, 2.45) is 34.5 Å². The van der Waals surface area contributed by atoms with Crippen LogP contribution in [0.5, 0.6) is 0 Å². The van der Waals surface area contributed by atoms with E-state index < -0.39 is 0 Å². The van der Waals surface area contributed by atoms with Gasteiger partial charge in [-0.3, -0.25) is 14.4 Å². The summed E-state index contributed by atoms with van der Waals surface area (Å²) in [5, 5.41) is 0. The minimum atomic E-state index is -0.288. The summed E-state index contributed by atoms with van der Waals surface area (Å²) in [6, 6.07) is 0. The van der Waals surface area contributed by atoms with Crippen molar-refractivity contribution in [1.82, 2.24) is 0 Å². The highest BCUT2D eigenvalue weighted by Crippen LogP contribution is 2.63. The number of allylic oxidation sites excluding steroid dienone is 1. The summed E-state index contributed by atoms with van der Waals surface area (Å²) in [4.78, 5) is 38.4. The molecule has 0 heterocycles. The van der Waals surface area contributed by atoms with Crippen LogP contribution in [0, 0.1) is 34.5 Å². The van der Waals surface area contributed by atoms with Gasteiger partial charge < -0.3 is 4.74 Å². The molecule has 5 aliphatic carbocycles. The van der Waals surface area contributed by atoms with Crippen molar-refractivity contribution in [2.75, 3.05) is 0 Å². The SMILES string of the molecule is C[C@]12CC[C@H](OC(=O)CCCC3CCCC3)CC1=CC(=O)C1C2CC[C@]2(C)C(=O)CCC12. The largest absolute Gasteiger partial charge is 0.462 e. The van der Waals surface area contributed by atoms with Gasteiger partial charge in [-0.15, -0.1) is 0 Å². The van der Waals surface area contributed by atoms with Crippen molar-refractivity contribution in [1.29, 1.82) is 0 Å². The number of carbonyl (C=O) groups is 3. The molecule has 5 aliphatic rings. The topological polar surface area (TPSA) is 60.4 Å². The summed E-state index contributed by atoms with van der Waals surface area (Å²) >= 11 is 0. The molecule has 0 bridgehead atoms. The molecule has 0 aliphatic heterocycles. The molecule has 3 unspecified atom stereocenters. The summed E-state index contributed by atoms with van der Waals surface area (Å²) in [6.07, 6.45) is 15.8. The molecule has 4 nitrogen and oxygen atoms in total. The lowest BCUT2D eigenvalue weighted by Crippen LogP contribution is -2.53. The van der Waals surface area contributed by atoms with E-state index in [0.29, 0.717) is 31.0 Å². The van der Waals surface area contributed by atoms with Gasteiger partial charge in [0.2, 0.25) is 0 Å². The lowest BCUT2D eigenvalue weighted by atomic mass is 9.48. The van der Waals surface area contributed by atoms with Crippen molar-refractivity contribution in [2.45, 2.75) is 110 Å². The number of carbonyl (C=O) groups excluding carboxylic acids is 3. The number of ketones is 2. The van der Waals surface area contributed by atoms with Gasteiger partial charge in [-0.25, -0.2) is 0 Å². The molecule has 4 fully saturated rings. The van der Waals surface area contributed by atoms with E-state index in [1.807, 2.05) is 6.08 Å². The first-order chi connectivity index (χ1) is 15.3. The third-order valence-electron chi connectivity index (χ3n) is 10.4. The Hall–Kier alpha value is -1.45. The van der Waals surface area contributed by atoms with E-state index in [1.165, 1.54) is 31.3 Å². The Labute approximate surface area is 192 Å². The van der Waals surface area contributed by atoms with Gasteiger partial charge in [0.1, 0.15) is 11.9 Å². The van der Waals surface area contributed by atoms with E-state index in [-0.39, 0.29) is 40.5 Å². The maximum atomic E-state index is 13.3. The first kappa shape index (κ1) is 22.3. The van der Waals surface area contributed by atoms with E-state index in [9.17, 15) is 14.4 Å². The van der Waals surface area contributed by atoms with Crippen molar-refractivity contribution < 1.29 is 19.1 Å². The highest BCUT2D eigenvalue weighted by atomic mass is 16.5. The van der Waals surface area contributed by atoms with Gasteiger partial charge in [0.15, 0.2) is 5.78 Å². The zero-order valence-electron chi connectivity index (χ0n) is 20.0. The van der Waals surface area contributed by atoms with Crippen LogP contribution in [0.15, 0.2) is 11.6 Å². The van der Waals surface area contributed by atoms with Crippen LogP contribution >= 0.6 is 0 Å². The Balaban J connectivity index is 1.22. The smallest absolute Gasteiger partial charge is 0.306 e. The minimum absolute atomic E-state index is 0.00337. The Morgan fingerprint density at radius 3 is 2.50 bits per heavy atom. The third-order valence-corrected chi connectivity index (χ3v) is 10.4. The molecule has 176 valence electrons. The van der Waals surface area contributed by atoms with Gasteiger partial charge in [-0.1, -0.05) is 45.1 Å². The van der Waals surface area contributed by atoms with Crippen LogP contribution in [0.4, 0.5) is 0 Å². The zero-order chi connectivity index (χ0) is 22.5. The number of rotatable bonds is 5. The van der Waals surface area contributed by atoms with Crippen LogP contribution in [0.3, 0.4) is 0 Å². The molecule has 0 amide bonds. The quantitative estimate of drug-likeness (QED) is 0.494. The summed E-state index contributed by atoms with van der Waals surface area (Å²) in [6.45, 7) is 4.45. The fourth-order valence-corrected chi connectivity index (χ4v) is 8.32. The van der Waals surface area contributed by atoms with Crippen molar-refractivity contribution in [3.63, 3.8) is 0 Å². The van der Waals surface area contributed by atoms with Gasteiger partial charge in [0, 0.05) is 30.6 Å². The van der Waals surface area contributed by atoms with Crippen molar-refractivity contribution >= 4 is 17.5 Å². The summed E-state index contributed by atoms with van der Waals surface area (Å²) in [5.41, 5.74) is 0.924. The zero-order valence-corrected chi connectivity index (χ0v) is 20.0. The van der Waals surface area contributed by atoms with Crippen LogP contribution < -0.4 is 0 Å². The summed E-state index contributed by atoms with van der Waals surface area (Å²) in [7, 11) is 0. The van der Waals surface area contributed by atoms with Crippen LogP contribution in [0.2, 0.25) is 0 Å². The Kier molecular flexibility index (Phi) is 5.87. The first-order valence-electron chi connectivity index (χ1n) is 13.3. The molecule has 6 atom stereocenters. The number of ether oxygens (including phenoxy) is 1. The average molecular weight is 441 g/mol. The number of hydrogen-bond donors (Lipinski definition) is 0. The van der Waals surface area contributed by atoms with Crippen molar-refractivity contribution in [3.8, 4) is 0 Å². The second-order valence-electron chi connectivity index (χ2n) is 12.0. The number of fused-ring (bicyclic) bond motifs is 5. The van der Waals surface area contributed by atoms with Crippen LogP contribution in [0.25, 0.3) is 0 Å². The maximum Gasteiger partial charge on any atom is 0.306 e. The average Bonchev–Trinajstić information content (AvgIpc) is 3.37. The molecule has 0 saturated heterocycles. The van der Waals surface area contributed by atoms with Gasteiger partial charge in [0.05, 0.1) is 0 Å². The van der Waals surface area contributed by atoms with E-state index in [4.69, 9.17) is 4.74 Å². The Morgan fingerprint density at radius 2 is 1.72 bits per heavy atom. The highest BCUT2D eigenvalue weighted by Gasteiger charge is 2.61. The molecule has 4 saturated carbocycles. The summed E-state index contributed by atoms with van der Waals surface area (Å²) < 4.78 is 5.89. The van der Waals surface area contributed by atoms with Crippen LogP contribution in [-0.4, -0.2) is 23.6 Å². The van der Waals surface area contributed by atoms with E-state index in [1.54, 1.807) is 0 Å². The number of Topliss-reactive ketones (excluding diaryl/α,β-unsaturated/α-hetero) is 1. The molecule has 0 aromatic heterocycles. The first-order valence-corrected chi connectivity index (χ1v) is 13.3. The fraction of sp³-hybridized carbons (Fsp3) is 0.821. The summed E-state index contributed by atoms with van der Waals surface area (Å²) in [5.74, 6) is 1.91. The molecule has 5 rings (SSSR count). The molecule has 0 spiro atoms. The van der Waals surface area contributed by atoms with E-state index >= 15 is 0 Å². The molecule has 0 aromatic carbocycles. The predicted octanol–water partition coefficient (Wildman–Crippen LogP) is 5.97. The minimum Gasteiger partial charge on any atom is -0.462 e. The monoisotopic (exact) mass is 440 g/mol. The molecule has 0 N–H and O–H groups in total. The molecular weight excluding hydrogens is 400 g/mol. The normalized spacial score (nSPS) is 41.6. The molecular formula is C28H40O4. The molecule has 4 heteroatoms. The fourth-order valence-electron chi connectivity index (χ4n) is 8.32. The number of esters is 1. The molecule has 32 heavy (non-hydrogen) atoms. The van der Waals surface area contributed by atoms with Gasteiger partial charge >= 0.3 is 5.97 Å².